The van der Waals surface area contributed by atoms with E-state index in [1.54, 1.807) is 0 Å². The standard InChI is InChI=1S/C46H63N11O18/c47-14-2-1-4-27(46(74)75)51-41(69)30(18-35(49)61)52-42(70)31(19-37(63)64)53-40(68)29(17-24-8-12-26(60)13-9-24)54-44(72)34-5-3-15-57(34)45(73)32(20-38(65)66)55-43(71)33(22-58)56-39(67)28(50-36(62)21-48)16-23-6-10-25(59)11-7-23/h6-13,27-34,58-60H,1-5,14-22,47-48H2,(H2,49,61)(H,50,62)(H,51,69)(H,52,70)(H,53,68)(H,54,72)(H,55,71)(H,56,67)(H,63,64)(H,65,66)(H,74,75)/t27-,28-,29-,30-,31-,32-,33-,34+/m0/s1. The maximum Gasteiger partial charge on any atom is 0.326 e. The molecule has 0 aliphatic carbocycles. The lowest BCUT2D eigenvalue weighted by Crippen LogP contribution is -2.61. The number of aliphatic hydroxyl groups excluding tert-OH is 1. The summed E-state index contributed by atoms with van der Waals surface area (Å²) in [5.41, 5.74) is 16.9. The SMILES string of the molecule is NCCCC[C@H](NC(=O)[C@H](CC(N)=O)NC(=O)[C@H](CC(=O)O)NC(=O)[C@H](Cc1ccc(O)cc1)NC(=O)[C@H]1CCCN1C(=O)[C@H](CC(=O)O)NC(=O)[C@H](CO)NC(=O)[C@H](Cc1ccc(O)cc1)NC(=O)CN)C(=O)O. The van der Waals surface area contributed by atoms with Crippen molar-refractivity contribution in [3.05, 3.63) is 59.7 Å². The van der Waals surface area contributed by atoms with Crippen LogP contribution in [-0.4, -0.2) is 181 Å². The summed E-state index contributed by atoms with van der Waals surface area (Å²) in [6.45, 7) is -1.60. The van der Waals surface area contributed by atoms with Crippen LogP contribution in [0.15, 0.2) is 48.5 Å². The average Bonchev–Trinajstić information content (AvgIpc) is 3.85. The lowest BCUT2D eigenvalue weighted by Gasteiger charge is -2.30. The number of aromatic hydroxyl groups is 2. The molecule has 2 aromatic rings. The zero-order valence-electron chi connectivity index (χ0n) is 40.4. The van der Waals surface area contributed by atoms with Crippen molar-refractivity contribution in [2.24, 2.45) is 17.2 Å². The van der Waals surface area contributed by atoms with Gasteiger partial charge in [-0.15, -0.1) is 0 Å². The summed E-state index contributed by atoms with van der Waals surface area (Å²) in [6.07, 6.45) is -3.09. The second-order valence-electron chi connectivity index (χ2n) is 17.3. The van der Waals surface area contributed by atoms with Gasteiger partial charge in [-0.25, -0.2) is 4.79 Å². The van der Waals surface area contributed by atoms with Gasteiger partial charge in [-0.3, -0.25) is 52.7 Å². The Morgan fingerprint density at radius 1 is 0.560 bits per heavy atom. The number of nitrogens with one attached hydrogen (secondary N) is 7. The fourth-order valence-electron chi connectivity index (χ4n) is 7.65. The van der Waals surface area contributed by atoms with Gasteiger partial charge >= 0.3 is 17.9 Å². The van der Waals surface area contributed by atoms with Crippen molar-refractivity contribution < 1.29 is 88.2 Å². The highest BCUT2D eigenvalue weighted by Gasteiger charge is 2.41. The minimum atomic E-state index is -2.04. The molecule has 29 nitrogen and oxygen atoms in total. The van der Waals surface area contributed by atoms with Crippen LogP contribution in [0.2, 0.25) is 0 Å². The van der Waals surface area contributed by atoms with Crippen molar-refractivity contribution in [3.63, 3.8) is 0 Å². The lowest BCUT2D eigenvalue weighted by atomic mass is 10.0. The molecule has 8 atom stereocenters. The number of hydrogen-bond acceptors (Lipinski definition) is 17. The minimum absolute atomic E-state index is 0.0891. The summed E-state index contributed by atoms with van der Waals surface area (Å²) in [6, 6.07) is -3.02. The zero-order chi connectivity index (χ0) is 55.9. The molecule has 2 aromatic carbocycles. The van der Waals surface area contributed by atoms with Crippen molar-refractivity contribution in [1.29, 1.82) is 0 Å². The van der Waals surface area contributed by atoms with E-state index in [1.165, 1.54) is 48.5 Å². The molecule has 0 spiro atoms. The largest absolute Gasteiger partial charge is 0.508 e. The number of likely N-dealkylation sites (tertiary alicyclic amines) is 1. The molecule has 0 aromatic heterocycles. The smallest absolute Gasteiger partial charge is 0.326 e. The van der Waals surface area contributed by atoms with Crippen LogP contribution in [0.25, 0.3) is 0 Å². The number of rotatable bonds is 31. The molecule has 9 amide bonds. The third kappa shape index (κ3) is 20.2. The topological polar surface area (TPSA) is 492 Å². The van der Waals surface area contributed by atoms with Crippen molar-refractivity contribution in [3.8, 4) is 11.5 Å². The normalized spacial score (nSPS) is 15.7. The van der Waals surface area contributed by atoms with Gasteiger partial charge in [0.1, 0.15) is 59.8 Å². The van der Waals surface area contributed by atoms with Gasteiger partial charge in [0.15, 0.2) is 0 Å². The molecule has 0 saturated carbocycles. The first kappa shape index (κ1) is 60.9. The summed E-state index contributed by atoms with van der Waals surface area (Å²) >= 11 is 0. The maximum absolute atomic E-state index is 14.1. The van der Waals surface area contributed by atoms with Crippen LogP contribution in [0.3, 0.4) is 0 Å². The number of primary amides is 1. The van der Waals surface area contributed by atoms with E-state index in [0.717, 1.165) is 4.90 Å². The second-order valence-corrected chi connectivity index (χ2v) is 17.3. The van der Waals surface area contributed by atoms with Crippen molar-refractivity contribution >= 4 is 71.1 Å². The highest BCUT2D eigenvalue weighted by atomic mass is 16.4. The fraction of sp³-hybridized carbons (Fsp3) is 0.478. The van der Waals surface area contributed by atoms with Crippen LogP contribution in [-0.2, 0) is 70.4 Å². The summed E-state index contributed by atoms with van der Waals surface area (Å²) < 4.78 is 0. The van der Waals surface area contributed by atoms with Gasteiger partial charge in [-0.1, -0.05) is 24.3 Å². The Labute approximate surface area is 427 Å². The number of aliphatic hydroxyl groups is 1. The molecule has 410 valence electrons. The molecule has 1 heterocycles. The van der Waals surface area contributed by atoms with Gasteiger partial charge in [0, 0.05) is 19.4 Å². The van der Waals surface area contributed by atoms with E-state index in [2.05, 4.69) is 37.2 Å². The predicted octanol–water partition coefficient (Wildman–Crippen LogP) is -5.74. The number of nitrogens with zero attached hydrogens (tertiary/aromatic N) is 1. The Balaban J connectivity index is 1.87. The van der Waals surface area contributed by atoms with Crippen LogP contribution >= 0.6 is 0 Å². The van der Waals surface area contributed by atoms with Crippen LogP contribution in [0.1, 0.15) is 62.5 Å². The number of carbonyl (C=O) groups is 12. The molecule has 75 heavy (non-hydrogen) atoms. The Bertz CT molecular complexity index is 2390. The number of phenols is 2. The first-order chi connectivity index (χ1) is 35.5. The number of hydrogen-bond donors (Lipinski definition) is 16. The van der Waals surface area contributed by atoms with Gasteiger partial charge in [0.05, 0.1) is 32.4 Å². The number of nitrogens with two attached hydrogens (primary N) is 3. The third-order valence-electron chi connectivity index (χ3n) is 11.5. The molecule has 0 bridgehead atoms. The lowest BCUT2D eigenvalue weighted by molar-refractivity contribution is -0.146. The fourth-order valence-corrected chi connectivity index (χ4v) is 7.65. The van der Waals surface area contributed by atoms with Crippen LogP contribution in [0.4, 0.5) is 0 Å². The molecule has 0 radical (unpaired) electrons. The number of phenolic OH excluding ortho intramolecular Hbond substituents is 2. The summed E-state index contributed by atoms with van der Waals surface area (Å²) in [5, 5.41) is 74.6. The van der Waals surface area contributed by atoms with E-state index in [9.17, 15) is 88.2 Å². The molecule has 3 rings (SSSR count). The molecule has 1 saturated heterocycles. The van der Waals surface area contributed by atoms with Crippen molar-refractivity contribution in [1.82, 2.24) is 42.1 Å². The van der Waals surface area contributed by atoms with E-state index in [1.807, 2.05) is 0 Å². The molecule has 0 unspecified atom stereocenters. The Morgan fingerprint density at radius 3 is 1.47 bits per heavy atom. The minimum Gasteiger partial charge on any atom is -0.508 e. The van der Waals surface area contributed by atoms with Gasteiger partial charge in [-0.2, -0.15) is 0 Å². The number of carbonyl (C=O) groups excluding carboxylic acids is 9. The van der Waals surface area contributed by atoms with Gasteiger partial charge in [0.2, 0.25) is 53.2 Å². The number of carboxylic acid groups (broad SMARTS) is 3. The van der Waals surface area contributed by atoms with E-state index in [4.69, 9.17) is 17.2 Å². The van der Waals surface area contributed by atoms with Crippen molar-refractivity contribution in [2.45, 2.75) is 113 Å². The Morgan fingerprint density at radius 2 is 1.00 bits per heavy atom. The molecule has 19 N–H and O–H groups in total. The third-order valence-corrected chi connectivity index (χ3v) is 11.5. The Hall–Kier alpha value is -8.44. The molecule has 1 aliphatic rings. The molecular formula is C46H63N11O18. The van der Waals surface area contributed by atoms with Crippen molar-refractivity contribution in [2.75, 3.05) is 26.2 Å². The number of benzene rings is 2. The highest BCUT2D eigenvalue weighted by molar-refractivity contribution is 6.00. The molecule has 29 heteroatoms. The van der Waals surface area contributed by atoms with E-state index < -0.39 is 158 Å². The van der Waals surface area contributed by atoms with E-state index in [0.29, 0.717) is 12.0 Å². The monoisotopic (exact) mass is 1060 g/mol. The van der Waals surface area contributed by atoms with Crippen LogP contribution < -0.4 is 54.4 Å². The molecular weight excluding hydrogens is 995 g/mol. The zero-order valence-corrected chi connectivity index (χ0v) is 40.4. The first-order valence-electron chi connectivity index (χ1n) is 23.4. The van der Waals surface area contributed by atoms with E-state index in [-0.39, 0.29) is 62.3 Å². The van der Waals surface area contributed by atoms with Gasteiger partial charge in [-0.05, 0) is 74.0 Å². The number of unbranched alkanes of at least 4 members (excludes halogenated alkanes) is 1. The number of carboxylic acids is 3. The van der Waals surface area contributed by atoms with E-state index >= 15 is 0 Å². The summed E-state index contributed by atoms with van der Waals surface area (Å²) in [4.78, 5) is 157. The van der Waals surface area contributed by atoms with Gasteiger partial charge in [0.25, 0.3) is 0 Å². The summed E-state index contributed by atoms with van der Waals surface area (Å²) in [5.74, 6) is -15.1. The second kappa shape index (κ2) is 29.9. The van der Waals surface area contributed by atoms with Crippen LogP contribution in [0.5, 0.6) is 11.5 Å². The maximum atomic E-state index is 14.1. The average molecular weight is 1060 g/mol. The molecule has 1 aliphatic heterocycles. The first-order valence-corrected chi connectivity index (χ1v) is 23.4. The number of amides is 9. The number of aliphatic carboxylic acids is 3. The van der Waals surface area contributed by atoms with Crippen LogP contribution in [0, 0.1) is 0 Å². The predicted molar refractivity (Wildman–Crippen MR) is 257 cm³/mol. The quantitative estimate of drug-likeness (QED) is 0.0313. The highest BCUT2D eigenvalue weighted by Crippen LogP contribution is 2.21. The summed E-state index contributed by atoms with van der Waals surface area (Å²) in [7, 11) is 0. The Kier molecular flexibility index (Phi) is 24.3. The van der Waals surface area contributed by atoms with Gasteiger partial charge < -0.3 is 90.0 Å². The molecule has 1 fully saturated rings.